The number of aliphatic hydroxyl groups excluding tert-OH is 1. The minimum Gasteiger partial charge on any atom is -0.477 e. The summed E-state index contributed by atoms with van der Waals surface area (Å²) in [5, 5.41) is 21.4. The van der Waals surface area contributed by atoms with Crippen LogP contribution in [-0.2, 0) is 0 Å². The van der Waals surface area contributed by atoms with Crippen LogP contribution in [0.4, 0.5) is 5.82 Å². The van der Waals surface area contributed by atoms with Crippen molar-refractivity contribution in [3.05, 3.63) is 18.1 Å². The number of nitrogens with zero attached hydrogens (tertiary/aromatic N) is 3. The van der Waals surface area contributed by atoms with Gasteiger partial charge in [-0.2, -0.15) is 0 Å². The number of hydrogen-bond acceptors (Lipinski definition) is 6. The molecule has 7 heteroatoms. The molecular formula is C14H22N4O3. The normalized spacial score (nSPS) is 19.4. The Kier molecular flexibility index (Phi) is 5.89. The Balaban J connectivity index is 1.78. The summed E-state index contributed by atoms with van der Waals surface area (Å²) >= 11 is 0. The molecule has 0 unspecified atom stereocenters. The third-order valence-corrected chi connectivity index (χ3v) is 3.82. The van der Waals surface area contributed by atoms with Crippen molar-refractivity contribution < 1.29 is 15.0 Å². The van der Waals surface area contributed by atoms with Gasteiger partial charge in [0.1, 0.15) is 17.7 Å². The summed E-state index contributed by atoms with van der Waals surface area (Å²) in [5.41, 5.74) is 0.0868. The van der Waals surface area contributed by atoms with Crippen LogP contribution in [0, 0.1) is 0 Å². The molecule has 1 aromatic rings. The van der Waals surface area contributed by atoms with E-state index in [9.17, 15) is 9.90 Å². The van der Waals surface area contributed by atoms with Crippen LogP contribution in [0.3, 0.4) is 0 Å². The first kappa shape index (κ1) is 15.7. The Morgan fingerprint density at radius 1 is 1.48 bits per heavy atom. The Bertz CT molecular complexity index is 469. The Hall–Kier alpha value is -1.73. The molecule has 3 N–H and O–H groups in total. The summed E-state index contributed by atoms with van der Waals surface area (Å²) < 4.78 is 0. The second-order valence-electron chi connectivity index (χ2n) is 5.24. The molecule has 116 valence electrons. The number of nitrogens with one attached hydrogen (secondary N) is 1. The second-order valence-corrected chi connectivity index (χ2v) is 5.24. The van der Waals surface area contributed by atoms with Gasteiger partial charge >= 0.3 is 5.97 Å². The average Bonchev–Trinajstić information content (AvgIpc) is 2.52. The zero-order valence-corrected chi connectivity index (χ0v) is 12.0. The molecule has 0 aliphatic carbocycles. The lowest BCUT2D eigenvalue weighted by molar-refractivity contribution is 0.0697. The molecule has 0 aromatic carbocycles. The fraction of sp³-hybridized carbons (Fsp3) is 0.643. The Labute approximate surface area is 124 Å². The predicted octanol–water partition coefficient (Wildman–Crippen LogP) is 0.824. The maximum Gasteiger partial charge on any atom is 0.341 e. The first-order valence-electron chi connectivity index (χ1n) is 7.34. The maximum absolute atomic E-state index is 11.0. The minimum absolute atomic E-state index is 0.0868. The van der Waals surface area contributed by atoms with Crippen molar-refractivity contribution in [1.29, 1.82) is 0 Å². The van der Waals surface area contributed by atoms with Gasteiger partial charge in [-0.15, -0.1) is 0 Å². The monoisotopic (exact) mass is 294 g/mol. The third-order valence-electron chi connectivity index (χ3n) is 3.82. The summed E-state index contributed by atoms with van der Waals surface area (Å²) in [6.45, 7) is 2.78. The lowest BCUT2D eigenvalue weighted by Gasteiger charge is -2.34. The van der Waals surface area contributed by atoms with Crippen molar-refractivity contribution in [1.82, 2.24) is 14.9 Å². The van der Waals surface area contributed by atoms with Crippen LogP contribution in [0.15, 0.2) is 12.5 Å². The molecule has 0 saturated carbocycles. The first-order valence-corrected chi connectivity index (χ1v) is 7.34. The quantitative estimate of drug-likeness (QED) is 0.640. The molecule has 7 nitrogen and oxygen atoms in total. The largest absolute Gasteiger partial charge is 0.477 e. The van der Waals surface area contributed by atoms with E-state index >= 15 is 0 Å². The highest BCUT2D eigenvalue weighted by molar-refractivity contribution is 5.92. The molecule has 0 radical (unpaired) electrons. The van der Waals surface area contributed by atoms with E-state index in [1.165, 1.54) is 25.4 Å². The van der Waals surface area contributed by atoms with E-state index < -0.39 is 5.97 Å². The van der Waals surface area contributed by atoms with Gasteiger partial charge in [-0.1, -0.05) is 6.42 Å². The van der Waals surface area contributed by atoms with E-state index in [-0.39, 0.29) is 18.2 Å². The molecule has 1 fully saturated rings. The van der Waals surface area contributed by atoms with E-state index in [2.05, 4.69) is 20.2 Å². The summed E-state index contributed by atoms with van der Waals surface area (Å²) in [5.74, 6) is -0.677. The molecule has 0 amide bonds. The maximum atomic E-state index is 11.0. The number of hydrogen-bond donors (Lipinski definition) is 3. The fourth-order valence-electron chi connectivity index (χ4n) is 2.68. The van der Waals surface area contributed by atoms with Gasteiger partial charge in [0.05, 0.1) is 6.61 Å². The fourth-order valence-corrected chi connectivity index (χ4v) is 2.68. The molecular weight excluding hydrogens is 272 g/mol. The SMILES string of the molecule is O=C(O)c1cncnc1NCCCN1CCCC[C@H]1CO. The van der Waals surface area contributed by atoms with Crippen LogP contribution in [0.25, 0.3) is 0 Å². The van der Waals surface area contributed by atoms with E-state index in [1.807, 2.05) is 0 Å². The number of aromatic nitrogens is 2. The molecule has 2 rings (SSSR count). The van der Waals surface area contributed by atoms with E-state index in [1.54, 1.807) is 0 Å². The topological polar surface area (TPSA) is 98.6 Å². The van der Waals surface area contributed by atoms with Crippen LogP contribution in [0.2, 0.25) is 0 Å². The van der Waals surface area contributed by atoms with Gasteiger partial charge in [0.15, 0.2) is 0 Å². The summed E-state index contributed by atoms with van der Waals surface area (Å²) in [6.07, 6.45) is 6.92. The van der Waals surface area contributed by atoms with Gasteiger partial charge in [-0.3, -0.25) is 4.90 Å². The highest BCUT2D eigenvalue weighted by Gasteiger charge is 2.20. The first-order chi connectivity index (χ1) is 10.2. The van der Waals surface area contributed by atoms with Gasteiger partial charge in [-0.05, 0) is 25.8 Å². The lowest BCUT2D eigenvalue weighted by Crippen LogP contribution is -2.42. The zero-order valence-electron chi connectivity index (χ0n) is 12.0. The lowest BCUT2D eigenvalue weighted by atomic mass is 10.0. The summed E-state index contributed by atoms with van der Waals surface area (Å²) in [4.78, 5) is 21.0. The standard InChI is InChI=1S/C14H22N4O3/c19-9-11-4-1-2-6-18(11)7-3-5-16-13-12(14(20)21)8-15-10-17-13/h8,10-11,19H,1-7,9H2,(H,20,21)(H,15,16,17)/t11-/m0/s1. The van der Waals surface area contributed by atoms with Crippen molar-refractivity contribution in [2.75, 3.05) is 31.6 Å². The average molecular weight is 294 g/mol. The van der Waals surface area contributed by atoms with Crippen LogP contribution in [0.5, 0.6) is 0 Å². The summed E-state index contributed by atoms with van der Waals surface area (Å²) in [7, 11) is 0. The van der Waals surface area contributed by atoms with Crippen molar-refractivity contribution in [3.8, 4) is 0 Å². The van der Waals surface area contributed by atoms with Gasteiger partial charge < -0.3 is 15.5 Å². The Morgan fingerprint density at radius 3 is 3.10 bits per heavy atom. The second kappa shape index (κ2) is 7.90. The van der Waals surface area contributed by atoms with Gasteiger partial charge in [0.25, 0.3) is 0 Å². The minimum atomic E-state index is -1.03. The van der Waals surface area contributed by atoms with Crippen LogP contribution >= 0.6 is 0 Å². The number of piperidine rings is 1. The number of aromatic carboxylic acids is 1. The molecule has 1 aliphatic rings. The number of anilines is 1. The highest BCUT2D eigenvalue weighted by atomic mass is 16.4. The van der Waals surface area contributed by atoms with Crippen LogP contribution < -0.4 is 5.32 Å². The van der Waals surface area contributed by atoms with Gasteiger partial charge in [-0.25, -0.2) is 14.8 Å². The third kappa shape index (κ3) is 4.37. The number of carboxylic acid groups (broad SMARTS) is 1. The molecule has 1 atom stereocenters. The van der Waals surface area contributed by atoms with E-state index in [0.717, 1.165) is 25.9 Å². The zero-order chi connectivity index (χ0) is 15.1. The van der Waals surface area contributed by atoms with Gasteiger partial charge in [0.2, 0.25) is 0 Å². The molecule has 1 aliphatic heterocycles. The highest BCUT2D eigenvalue weighted by Crippen LogP contribution is 2.16. The Morgan fingerprint density at radius 2 is 2.33 bits per heavy atom. The smallest absolute Gasteiger partial charge is 0.341 e. The molecule has 1 saturated heterocycles. The number of carboxylic acids is 1. The van der Waals surface area contributed by atoms with Crippen LogP contribution in [-0.4, -0.2) is 63.3 Å². The molecule has 2 heterocycles. The summed E-state index contributed by atoms with van der Waals surface area (Å²) in [6, 6.07) is 0.271. The molecule has 1 aromatic heterocycles. The van der Waals surface area contributed by atoms with E-state index in [0.29, 0.717) is 12.4 Å². The van der Waals surface area contributed by atoms with Crippen molar-refractivity contribution in [2.45, 2.75) is 31.7 Å². The van der Waals surface area contributed by atoms with Gasteiger partial charge in [0, 0.05) is 25.3 Å². The number of likely N-dealkylation sites (tertiary alicyclic amines) is 1. The number of rotatable bonds is 7. The van der Waals surface area contributed by atoms with Crippen molar-refractivity contribution in [3.63, 3.8) is 0 Å². The number of carbonyl (C=O) groups is 1. The van der Waals surface area contributed by atoms with Crippen molar-refractivity contribution in [2.24, 2.45) is 0 Å². The molecule has 21 heavy (non-hydrogen) atoms. The predicted molar refractivity (Wildman–Crippen MR) is 78.4 cm³/mol. The van der Waals surface area contributed by atoms with Crippen LogP contribution in [0.1, 0.15) is 36.0 Å². The van der Waals surface area contributed by atoms with E-state index in [4.69, 9.17) is 5.11 Å². The molecule has 0 bridgehead atoms. The molecule has 0 spiro atoms. The number of aliphatic hydroxyl groups is 1. The van der Waals surface area contributed by atoms with Crippen molar-refractivity contribution >= 4 is 11.8 Å².